The van der Waals surface area contributed by atoms with Gasteiger partial charge in [0.05, 0.1) is 38.9 Å². The van der Waals surface area contributed by atoms with Crippen molar-refractivity contribution < 1.29 is 92.7 Å². The molecule has 31 nitrogen and oxygen atoms in total. The number of aliphatic hydroxyl groups is 2. The molecule has 0 saturated heterocycles. The summed E-state index contributed by atoms with van der Waals surface area (Å²) < 4.78 is 0. The van der Waals surface area contributed by atoms with Crippen LogP contribution in [0.3, 0.4) is 0 Å². The van der Waals surface area contributed by atoms with E-state index >= 15 is 0 Å². The second-order valence-corrected chi connectivity index (χ2v) is 20.0. The Hall–Kier alpha value is -7.54. The number of carboxylic acid groups (broad SMARTS) is 3. The molecule has 0 aliphatic carbocycles. The largest absolute Gasteiger partial charge is 0.481 e. The summed E-state index contributed by atoms with van der Waals surface area (Å²) in [6.07, 6.45) is -1.22. The Morgan fingerprint density at radius 1 is 0.400 bits per heavy atom. The van der Waals surface area contributed by atoms with Crippen LogP contribution in [0.25, 0.3) is 0 Å². The molecule has 18 N–H and O–H groups in total. The number of amides is 11. The fraction of sp³-hybridized carbons (Fsp3) is 0.714. The lowest BCUT2D eigenvalue weighted by atomic mass is 9.94. The van der Waals surface area contributed by atoms with Crippen molar-refractivity contribution in [3.8, 4) is 0 Å². The summed E-state index contributed by atoms with van der Waals surface area (Å²) in [5.41, 5.74) is 5.85. The molecule has 0 aliphatic rings. The molecule has 0 aromatic heterocycles. The van der Waals surface area contributed by atoms with Gasteiger partial charge in [-0.3, -0.25) is 67.1 Å². The van der Waals surface area contributed by atoms with Crippen molar-refractivity contribution in [1.82, 2.24) is 58.5 Å². The van der Waals surface area contributed by atoms with Crippen LogP contribution in [0.15, 0.2) is 0 Å². The summed E-state index contributed by atoms with van der Waals surface area (Å²) in [5.74, 6) is -15.9. The van der Waals surface area contributed by atoms with Crippen molar-refractivity contribution in [2.24, 2.45) is 29.4 Å². The van der Waals surface area contributed by atoms with Crippen molar-refractivity contribution in [2.75, 3.05) is 32.8 Å². The number of carbonyl (C=O) groups excluding carboxylic acids is 11. The highest BCUT2D eigenvalue weighted by atomic mass is 16.4. The molecule has 0 aliphatic heterocycles. The first-order chi connectivity index (χ1) is 37.3. The zero-order chi connectivity index (χ0) is 61.6. The van der Waals surface area contributed by atoms with Gasteiger partial charge >= 0.3 is 17.9 Å². The molecule has 0 saturated carbocycles. The van der Waals surface area contributed by atoms with Crippen LogP contribution >= 0.6 is 0 Å². The summed E-state index contributed by atoms with van der Waals surface area (Å²) in [6.45, 7) is 10.6. The number of aliphatic carboxylic acids is 3. The summed E-state index contributed by atoms with van der Waals surface area (Å²) in [5, 5.41) is 72.9. The summed E-state index contributed by atoms with van der Waals surface area (Å²) in [6, 6.07) is -12.9. The van der Waals surface area contributed by atoms with E-state index in [1.807, 2.05) is 13.8 Å². The summed E-state index contributed by atoms with van der Waals surface area (Å²) in [7, 11) is 0. The van der Waals surface area contributed by atoms with Crippen LogP contribution in [-0.2, 0) is 67.1 Å². The molecule has 454 valence electrons. The van der Waals surface area contributed by atoms with Crippen LogP contribution in [0.4, 0.5) is 0 Å². The molecule has 0 unspecified atom stereocenters. The third-order valence-electron chi connectivity index (χ3n) is 12.2. The molecule has 0 aromatic rings. The van der Waals surface area contributed by atoms with Crippen LogP contribution in [0, 0.1) is 23.7 Å². The van der Waals surface area contributed by atoms with E-state index in [-0.39, 0.29) is 24.7 Å². The van der Waals surface area contributed by atoms with Gasteiger partial charge in [-0.05, 0) is 56.3 Å². The minimum Gasteiger partial charge on any atom is -0.481 e. The second-order valence-electron chi connectivity index (χ2n) is 20.0. The molecular formula is C49H84N12O19. The van der Waals surface area contributed by atoms with E-state index in [2.05, 4.69) is 58.5 Å². The van der Waals surface area contributed by atoms with Crippen molar-refractivity contribution in [3.63, 3.8) is 0 Å². The molecule has 0 spiro atoms. The number of nitrogens with one attached hydrogen (secondary N) is 11. The Morgan fingerprint density at radius 2 is 0.738 bits per heavy atom. The number of rotatable bonds is 39. The van der Waals surface area contributed by atoms with Crippen LogP contribution in [0.1, 0.15) is 114 Å². The third kappa shape index (κ3) is 28.4. The Bertz CT molecular complexity index is 2160. The third-order valence-corrected chi connectivity index (χ3v) is 12.2. The van der Waals surface area contributed by atoms with Crippen LogP contribution in [0.5, 0.6) is 0 Å². The number of hydrogen-bond donors (Lipinski definition) is 17. The second kappa shape index (κ2) is 37.4. The van der Waals surface area contributed by atoms with E-state index in [1.165, 1.54) is 0 Å². The smallest absolute Gasteiger partial charge is 0.325 e. The maximum atomic E-state index is 14.1. The molecule has 0 fully saturated rings. The van der Waals surface area contributed by atoms with Gasteiger partial charge in [-0.25, -0.2) is 0 Å². The molecule has 0 heterocycles. The number of aliphatic hydroxyl groups excluding tert-OH is 2. The van der Waals surface area contributed by atoms with E-state index in [0.717, 1.165) is 6.92 Å². The monoisotopic (exact) mass is 1140 g/mol. The minimum absolute atomic E-state index is 0.00584. The molecule has 0 rings (SSSR count). The molecule has 80 heavy (non-hydrogen) atoms. The highest BCUT2D eigenvalue weighted by molar-refractivity contribution is 5.98. The first kappa shape index (κ1) is 72.5. The maximum absolute atomic E-state index is 14.1. The summed E-state index contributed by atoms with van der Waals surface area (Å²) >= 11 is 0. The lowest BCUT2D eigenvalue weighted by Crippen LogP contribution is -2.62. The summed E-state index contributed by atoms with van der Waals surface area (Å²) in [4.78, 5) is 178. The predicted molar refractivity (Wildman–Crippen MR) is 281 cm³/mol. The van der Waals surface area contributed by atoms with Crippen LogP contribution in [-0.4, -0.2) is 196 Å². The first-order valence-electron chi connectivity index (χ1n) is 26.2. The lowest BCUT2D eigenvalue weighted by molar-refractivity contribution is -0.142. The van der Waals surface area contributed by atoms with Crippen molar-refractivity contribution >= 4 is 82.9 Å². The van der Waals surface area contributed by atoms with Gasteiger partial charge in [-0.2, -0.15) is 0 Å². The number of carbonyl (C=O) groups is 14. The average molecular weight is 1150 g/mol. The van der Waals surface area contributed by atoms with E-state index in [4.69, 9.17) is 15.9 Å². The fourth-order valence-corrected chi connectivity index (χ4v) is 7.21. The number of nitrogens with two attached hydrogens (primary N) is 1. The van der Waals surface area contributed by atoms with Gasteiger partial charge in [0, 0.05) is 12.8 Å². The van der Waals surface area contributed by atoms with Gasteiger partial charge in [-0.15, -0.1) is 0 Å². The molecule has 11 amide bonds. The van der Waals surface area contributed by atoms with Crippen molar-refractivity contribution in [1.29, 1.82) is 0 Å². The zero-order valence-corrected chi connectivity index (χ0v) is 46.7. The Kier molecular flexibility index (Phi) is 33.8. The molecule has 0 aromatic carbocycles. The van der Waals surface area contributed by atoms with Gasteiger partial charge in [0.2, 0.25) is 65.0 Å². The van der Waals surface area contributed by atoms with Gasteiger partial charge < -0.3 is 89.8 Å². The minimum atomic E-state index is -1.75. The Balaban J connectivity index is 6.05. The Morgan fingerprint density at radius 3 is 1.12 bits per heavy atom. The predicted octanol–water partition coefficient (Wildman–Crippen LogP) is -5.46. The Labute approximate surface area is 463 Å². The molecule has 11 atom stereocenters. The zero-order valence-electron chi connectivity index (χ0n) is 46.7. The average Bonchev–Trinajstić information content (AvgIpc) is 3.38. The SMILES string of the molecule is CC[C@H](C)[C@H](NC(=O)[C@H](CO)NC(=O)[C@H](CCC(=O)O)NC(=O)CNC(=O)[C@@H](N)CC(C)C)C(=O)N[C@H](C(=O)N[C@@H](CC(C)C)C(=O)NCC(=O)N[C@@H](CO)C(=O)NCC(=O)N[C@@H](CCC(=O)O)C(=O)N[C@@H](C)C(=O)O)[C@@H](C)CC. The van der Waals surface area contributed by atoms with E-state index in [0.29, 0.717) is 12.8 Å². The van der Waals surface area contributed by atoms with Gasteiger partial charge in [0.15, 0.2) is 0 Å². The standard InChI is InChI=1S/C49H84N12O19/c1-10-25(7)39(61-48(78)40(26(8)11-2)60-46(76)33(22-63)59-45(75)30(13-15-38(69)70)56-34(64)18-51-41(71)28(50)16-23(3)4)47(77)58-31(17-24(5)6)42(72)52-20-36(66)57-32(21-62)43(73)53-19-35(65)55-29(12-14-37(67)68)44(74)54-27(9)49(79)80/h23-33,39-40,62-63H,10-22,50H2,1-9H3,(H,51,71)(H,52,72)(H,53,73)(H,54,74)(H,55,65)(H,56,64)(H,57,66)(H,58,77)(H,59,75)(H,60,76)(H,61,78)(H,67,68)(H,69,70)(H,79,80)/t25-,26-,27-,28-,29-,30-,31-,32-,33-,39-,40-/m0/s1. The molecule has 31 heteroatoms. The quantitative estimate of drug-likeness (QED) is 0.0273. The first-order valence-corrected chi connectivity index (χ1v) is 26.2. The number of carboxylic acids is 3. The maximum Gasteiger partial charge on any atom is 0.325 e. The van der Waals surface area contributed by atoms with Gasteiger partial charge in [0.1, 0.15) is 48.3 Å². The fourth-order valence-electron chi connectivity index (χ4n) is 7.21. The molecule has 0 bridgehead atoms. The topological polar surface area (TPSA) is 498 Å². The highest BCUT2D eigenvalue weighted by Gasteiger charge is 2.36. The van der Waals surface area contributed by atoms with Crippen LogP contribution < -0.4 is 64.2 Å². The molecular weight excluding hydrogens is 1060 g/mol. The highest BCUT2D eigenvalue weighted by Crippen LogP contribution is 2.14. The van der Waals surface area contributed by atoms with Crippen LogP contribution in [0.2, 0.25) is 0 Å². The van der Waals surface area contributed by atoms with Gasteiger partial charge in [-0.1, -0.05) is 68.2 Å². The van der Waals surface area contributed by atoms with Crippen molar-refractivity contribution in [2.45, 2.75) is 168 Å². The van der Waals surface area contributed by atoms with E-state index < -0.39 is 208 Å². The number of hydrogen-bond acceptors (Lipinski definition) is 17. The lowest BCUT2D eigenvalue weighted by Gasteiger charge is -2.31. The van der Waals surface area contributed by atoms with Crippen molar-refractivity contribution in [3.05, 3.63) is 0 Å². The van der Waals surface area contributed by atoms with Gasteiger partial charge in [0.25, 0.3) is 0 Å². The van der Waals surface area contributed by atoms with E-state index in [9.17, 15) is 82.4 Å². The van der Waals surface area contributed by atoms with E-state index in [1.54, 1.807) is 41.5 Å². The molecule has 0 radical (unpaired) electrons. The normalized spacial score (nSPS) is 15.2.